The van der Waals surface area contributed by atoms with Gasteiger partial charge in [-0.05, 0) is 6.07 Å². The molecule has 0 amide bonds. The third-order valence-electron chi connectivity index (χ3n) is 3.36. The highest BCUT2D eigenvalue weighted by molar-refractivity contribution is 7.22. The Morgan fingerprint density at radius 1 is 1.12 bits per heavy atom. The first-order valence-corrected chi connectivity index (χ1v) is 8.32. The van der Waals surface area contributed by atoms with Crippen LogP contribution in [-0.4, -0.2) is 14.1 Å². The van der Waals surface area contributed by atoms with Crippen LogP contribution in [0.25, 0.3) is 15.9 Å². The van der Waals surface area contributed by atoms with Gasteiger partial charge in [0.25, 0.3) is 5.56 Å². The zero-order valence-corrected chi connectivity index (χ0v) is 15.1. The Morgan fingerprint density at radius 2 is 1.76 bits per heavy atom. The molecule has 3 aromatic rings. The Labute approximate surface area is 155 Å². The van der Waals surface area contributed by atoms with E-state index in [1.165, 1.54) is 6.07 Å². The van der Waals surface area contributed by atoms with Gasteiger partial charge in [0, 0.05) is 13.1 Å². The van der Waals surface area contributed by atoms with Crippen molar-refractivity contribution >= 4 is 56.4 Å². The average molecular weight is 431 g/mol. The van der Waals surface area contributed by atoms with Crippen LogP contribution in [0.2, 0.25) is 14.5 Å². The van der Waals surface area contributed by atoms with Crippen molar-refractivity contribution in [3.8, 4) is 5.69 Å². The van der Waals surface area contributed by atoms with Crippen LogP contribution in [0.5, 0.6) is 0 Å². The first-order valence-electron chi connectivity index (χ1n) is 6.37. The molecule has 0 bridgehead atoms. The van der Waals surface area contributed by atoms with Crippen LogP contribution in [0.1, 0.15) is 5.69 Å². The Balaban J connectivity index is 2.48. The molecule has 0 unspecified atom stereocenters. The summed E-state index contributed by atoms with van der Waals surface area (Å²) in [7, 11) is 0.905. The van der Waals surface area contributed by atoms with E-state index in [1.807, 2.05) is 0 Å². The van der Waals surface area contributed by atoms with E-state index in [4.69, 9.17) is 34.8 Å². The Morgan fingerprint density at radius 3 is 2.36 bits per heavy atom. The van der Waals surface area contributed by atoms with Gasteiger partial charge in [-0.3, -0.25) is 9.36 Å². The van der Waals surface area contributed by atoms with Crippen LogP contribution in [0, 0.1) is 0 Å². The first-order chi connectivity index (χ1) is 11.5. The minimum absolute atomic E-state index is 0.0669. The van der Waals surface area contributed by atoms with E-state index >= 15 is 0 Å². The van der Waals surface area contributed by atoms with E-state index in [1.54, 1.807) is 0 Å². The standard InChI is InChI=1S/C13H5Cl3F3N3O2S/c1-21-6(13(17,18)19)3-7(23)22(12(21)24)9-5(15)2-4(14)8-10(9)25-11(16)20-8/h2-3H,1H3. The van der Waals surface area contributed by atoms with Gasteiger partial charge in [0.1, 0.15) is 11.2 Å². The Bertz CT molecular complexity index is 1130. The molecular weight excluding hydrogens is 426 g/mol. The van der Waals surface area contributed by atoms with Crippen LogP contribution < -0.4 is 11.2 Å². The van der Waals surface area contributed by atoms with Crippen molar-refractivity contribution in [2.45, 2.75) is 6.18 Å². The minimum atomic E-state index is -4.86. The average Bonchev–Trinajstić information content (AvgIpc) is 2.87. The van der Waals surface area contributed by atoms with Gasteiger partial charge >= 0.3 is 11.9 Å². The quantitative estimate of drug-likeness (QED) is 0.583. The lowest BCUT2D eigenvalue weighted by atomic mass is 10.2. The van der Waals surface area contributed by atoms with Crippen LogP contribution >= 0.6 is 46.1 Å². The highest BCUT2D eigenvalue weighted by Gasteiger charge is 2.35. The zero-order chi connectivity index (χ0) is 18.7. The highest BCUT2D eigenvalue weighted by Crippen LogP contribution is 2.39. The fraction of sp³-hybridized carbons (Fsp3) is 0.154. The lowest BCUT2D eigenvalue weighted by Gasteiger charge is -2.15. The Hall–Kier alpha value is -1.55. The molecule has 0 radical (unpaired) electrons. The van der Waals surface area contributed by atoms with Crippen molar-refractivity contribution in [3.05, 3.63) is 53.2 Å². The molecule has 0 saturated carbocycles. The topological polar surface area (TPSA) is 56.9 Å². The van der Waals surface area contributed by atoms with E-state index in [0.717, 1.165) is 18.4 Å². The summed E-state index contributed by atoms with van der Waals surface area (Å²) in [5.41, 5.74) is -3.71. The van der Waals surface area contributed by atoms with Crippen LogP contribution in [-0.2, 0) is 13.2 Å². The summed E-state index contributed by atoms with van der Waals surface area (Å²) in [6.07, 6.45) is -4.86. The predicted octanol–water partition coefficient (Wildman–Crippen LogP) is 4.12. The molecule has 0 saturated heterocycles. The molecule has 0 N–H and O–H groups in total. The molecule has 1 aromatic carbocycles. The molecule has 0 fully saturated rings. The van der Waals surface area contributed by atoms with Gasteiger partial charge in [0.05, 0.1) is 20.4 Å². The van der Waals surface area contributed by atoms with E-state index in [9.17, 15) is 22.8 Å². The second-order valence-corrected chi connectivity index (χ2v) is 7.27. The summed E-state index contributed by atoms with van der Waals surface area (Å²) in [5.74, 6) is 0. The second-order valence-electron chi connectivity index (χ2n) is 4.88. The monoisotopic (exact) mass is 429 g/mol. The summed E-state index contributed by atoms with van der Waals surface area (Å²) in [6.45, 7) is 0. The van der Waals surface area contributed by atoms with Crippen molar-refractivity contribution in [1.82, 2.24) is 14.1 Å². The molecule has 5 nitrogen and oxygen atoms in total. The number of hydrogen-bond donors (Lipinski definition) is 0. The third-order valence-corrected chi connectivity index (χ3v) is 5.10. The van der Waals surface area contributed by atoms with Gasteiger partial charge in [-0.15, -0.1) is 11.3 Å². The Kier molecular flexibility index (Phi) is 4.39. The number of fused-ring (bicyclic) bond motifs is 1. The first kappa shape index (κ1) is 18.2. The number of thiazole rings is 1. The maximum Gasteiger partial charge on any atom is 0.431 e. The number of aromatic nitrogens is 3. The maximum atomic E-state index is 13.0. The largest absolute Gasteiger partial charge is 0.431 e. The van der Waals surface area contributed by atoms with Crippen molar-refractivity contribution in [3.63, 3.8) is 0 Å². The molecular formula is C13H5Cl3F3N3O2S. The number of alkyl halides is 3. The summed E-state index contributed by atoms with van der Waals surface area (Å²) in [6, 6.07) is 1.56. The normalized spacial score (nSPS) is 12.1. The molecule has 0 aliphatic rings. The zero-order valence-electron chi connectivity index (χ0n) is 12.0. The molecule has 2 heterocycles. The lowest BCUT2D eigenvalue weighted by Crippen LogP contribution is -2.40. The van der Waals surface area contributed by atoms with Gasteiger partial charge in [-0.1, -0.05) is 34.8 Å². The minimum Gasteiger partial charge on any atom is -0.292 e. The van der Waals surface area contributed by atoms with Gasteiger partial charge in [0.15, 0.2) is 4.47 Å². The number of rotatable bonds is 1. The number of hydrogen-bond acceptors (Lipinski definition) is 4. The van der Waals surface area contributed by atoms with Gasteiger partial charge in [-0.2, -0.15) is 13.2 Å². The molecule has 0 atom stereocenters. The fourth-order valence-electron chi connectivity index (χ4n) is 2.28. The van der Waals surface area contributed by atoms with Gasteiger partial charge in [0.2, 0.25) is 0 Å². The molecule has 2 aromatic heterocycles. The van der Waals surface area contributed by atoms with Gasteiger partial charge in [-0.25, -0.2) is 14.3 Å². The molecule has 25 heavy (non-hydrogen) atoms. The molecule has 3 rings (SSSR count). The van der Waals surface area contributed by atoms with Crippen LogP contribution in [0.15, 0.2) is 21.7 Å². The van der Waals surface area contributed by atoms with Crippen molar-refractivity contribution in [2.75, 3.05) is 0 Å². The van der Waals surface area contributed by atoms with Crippen molar-refractivity contribution in [1.29, 1.82) is 0 Å². The van der Waals surface area contributed by atoms with Crippen molar-refractivity contribution in [2.24, 2.45) is 7.05 Å². The molecule has 0 spiro atoms. The second kappa shape index (κ2) is 6.01. The molecule has 0 aliphatic carbocycles. The van der Waals surface area contributed by atoms with E-state index < -0.39 is 23.1 Å². The lowest BCUT2D eigenvalue weighted by molar-refractivity contribution is -0.144. The summed E-state index contributed by atoms with van der Waals surface area (Å²) < 4.78 is 40.0. The predicted molar refractivity (Wildman–Crippen MR) is 90.5 cm³/mol. The fourth-order valence-corrected chi connectivity index (χ4v) is 4.16. The van der Waals surface area contributed by atoms with Crippen LogP contribution in [0.4, 0.5) is 13.2 Å². The number of halogens is 6. The van der Waals surface area contributed by atoms with E-state index in [0.29, 0.717) is 15.2 Å². The molecule has 12 heteroatoms. The summed E-state index contributed by atoms with van der Waals surface area (Å²) >= 11 is 18.9. The van der Waals surface area contributed by atoms with Crippen molar-refractivity contribution < 1.29 is 13.2 Å². The molecule has 132 valence electrons. The molecule has 0 aliphatic heterocycles. The summed E-state index contributed by atoms with van der Waals surface area (Å²) in [4.78, 5) is 28.7. The van der Waals surface area contributed by atoms with Gasteiger partial charge < -0.3 is 0 Å². The van der Waals surface area contributed by atoms with E-state index in [2.05, 4.69) is 4.98 Å². The third kappa shape index (κ3) is 2.95. The SMILES string of the molecule is Cn1c(C(F)(F)F)cc(=O)n(-c2c(Cl)cc(Cl)c3nc(Cl)sc23)c1=O. The van der Waals surface area contributed by atoms with E-state index in [-0.39, 0.29) is 30.4 Å². The smallest absolute Gasteiger partial charge is 0.292 e. The number of benzene rings is 1. The number of nitrogens with zero attached hydrogens (tertiary/aromatic N) is 3. The highest BCUT2D eigenvalue weighted by atomic mass is 35.5. The van der Waals surface area contributed by atoms with Crippen LogP contribution in [0.3, 0.4) is 0 Å². The maximum absolute atomic E-state index is 13.0. The summed E-state index contributed by atoms with van der Waals surface area (Å²) in [5, 5.41) is 0.0282.